The number of hydrogen-bond acceptors (Lipinski definition) is 2. The minimum absolute atomic E-state index is 0. The average Bonchev–Trinajstić information content (AvgIpc) is 2.31. The number of pyridine rings is 1. The van der Waals surface area contributed by atoms with E-state index in [-0.39, 0.29) is 12.4 Å². The third kappa shape index (κ3) is 5.05. The molecule has 92 valence electrons. The number of nitrogens with one attached hydrogen (secondary N) is 1. The van der Waals surface area contributed by atoms with Crippen molar-refractivity contribution in [2.75, 3.05) is 25.4 Å². The number of rotatable bonds is 6. The Morgan fingerprint density at radius 1 is 1.31 bits per heavy atom. The normalized spacial score (nSPS) is 12.2. The van der Waals surface area contributed by atoms with E-state index in [1.165, 1.54) is 4.90 Å². The van der Waals surface area contributed by atoms with E-state index in [1.807, 2.05) is 18.2 Å². The molecule has 1 rings (SSSR count). The minimum Gasteiger partial charge on any atom is -1.00 e. The molecule has 0 aromatic carbocycles. The van der Waals surface area contributed by atoms with Crippen molar-refractivity contribution >= 4 is 10.8 Å². The molecule has 1 N–H and O–H groups in total. The Kier molecular flexibility index (Phi) is 8.43. The fraction of sp³-hybridized carbons (Fsp3) is 0.545. The van der Waals surface area contributed by atoms with Gasteiger partial charge in [0.1, 0.15) is 5.03 Å². The summed E-state index contributed by atoms with van der Waals surface area (Å²) in [6, 6.07) is 5.55. The van der Waals surface area contributed by atoms with Gasteiger partial charge in [-0.15, -0.1) is 0 Å². The summed E-state index contributed by atoms with van der Waals surface area (Å²) in [5.41, 5.74) is 0. The summed E-state index contributed by atoms with van der Waals surface area (Å²) in [7, 11) is -0.939. The van der Waals surface area contributed by atoms with Gasteiger partial charge in [0.2, 0.25) is 0 Å². The van der Waals surface area contributed by atoms with Crippen LogP contribution in [0, 0.1) is 0 Å². The van der Waals surface area contributed by atoms with E-state index in [4.69, 9.17) is 0 Å². The maximum atomic E-state index is 11.8. The zero-order chi connectivity index (χ0) is 11.1. The molecule has 0 aliphatic rings. The first kappa shape index (κ1) is 15.6. The quantitative estimate of drug-likeness (QED) is 0.598. The number of aromatic nitrogens is 1. The standard InChI is InChI=1S/C11H18N2OS.ClH/c1-3-13(4-2)9-10-15(14)11-7-5-6-8-12-11;/h5-8H,3-4,9-10H2,1-2H3;1H. The van der Waals surface area contributed by atoms with Crippen molar-refractivity contribution in [3.8, 4) is 0 Å². The molecule has 16 heavy (non-hydrogen) atoms. The lowest BCUT2D eigenvalue weighted by Crippen LogP contribution is -3.11. The highest BCUT2D eigenvalue weighted by atomic mass is 35.5. The van der Waals surface area contributed by atoms with Crippen LogP contribution in [0.5, 0.6) is 0 Å². The van der Waals surface area contributed by atoms with Crippen LogP contribution in [0.25, 0.3) is 0 Å². The number of halogens is 1. The highest BCUT2D eigenvalue weighted by Gasteiger charge is 2.08. The Morgan fingerprint density at radius 3 is 2.50 bits per heavy atom. The Balaban J connectivity index is 0.00000225. The van der Waals surface area contributed by atoms with E-state index in [0.29, 0.717) is 10.8 Å². The molecule has 0 saturated carbocycles. The van der Waals surface area contributed by atoms with Gasteiger partial charge in [0, 0.05) is 6.20 Å². The predicted molar refractivity (Wildman–Crippen MR) is 62.4 cm³/mol. The van der Waals surface area contributed by atoms with Crippen molar-refractivity contribution in [1.29, 1.82) is 0 Å². The SMILES string of the molecule is CC[NH+](CC)CCS(=O)c1ccccn1.[Cl-]. The summed E-state index contributed by atoms with van der Waals surface area (Å²) < 4.78 is 11.8. The molecule has 0 bridgehead atoms. The van der Waals surface area contributed by atoms with Gasteiger partial charge in [-0.1, -0.05) is 6.07 Å². The summed E-state index contributed by atoms with van der Waals surface area (Å²) in [4.78, 5) is 5.58. The minimum atomic E-state index is -0.939. The van der Waals surface area contributed by atoms with Gasteiger partial charge < -0.3 is 17.3 Å². The van der Waals surface area contributed by atoms with Crippen LogP contribution in [0.15, 0.2) is 29.4 Å². The summed E-state index contributed by atoms with van der Waals surface area (Å²) in [6.45, 7) is 7.45. The van der Waals surface area contributed by atoms with Crippen LogP contribution >= 0.6 is 0 Å². The largest absolute Gasteiger partial charge is 1.00 e. The van der Waals surface area contributed by atoms with Crippen LogP contribution in [0.3, 0.4) is 0 Å². The van der Waals surface area contributed by atoms with Crippen LogP contribution in [0.1, 0.15) is 13.8 Å². The van der Waals surface area contributed by atoms with Gasteiger partial charge in [-0.3, -0.25) is 4.21 Å². The van der Waals surface area contributed by atoms with Crippen LogP contribution in [-0.2, 0) is 10.8 Å². The van der Waals surface area contributed by atoms with Crippen LogP contribution in [0.4, 0.5) is 0 Å². The van der Waals surface area contributed by atoms with E-state index in [0.717, 1.165) is 19.6 Å². The van der Waals surface area contributed by atoms with E-state index >= 15 is 0 Å². The predicted octanol–water partition coefficient (Wildman–Crippen LogP) is -2.88. The van der Waals surface area contributed by atoms with Gasteiger partial charge in [0.05, 0.1) is 36.2 Å². The zero-order valence-corrected chi connectivity index (χ0v) is 11.4. The lowest BCUT2D eigenvalue weighted by molar-refractivity contribution is -0.893. The topological polar surface area (TPSA) is 34.4 Å². The van der Waals surface area contributed by atoms with Crippen molar-refractivity contribution in [2.24, 2.45) is 0 Å². The van der Waals surface area contributed by atoms with Crippen molar-refractivity contribution in [1.82, 2.24) is 4.98 Å². The average molecular weight is 263 g/mol. The van der Waals surface area contributed by atoms with Crippen LogP contribution in [-0.4, -0.2) is 34.6 Å². The van der Waals surface area contributed by atoms with Crippen molar-refractivity contribution in [3.63, 3.8) is 0 Å². The molecule has 0 fully saturated rings. The molecule has 0 aliphatic heterocycles. The van der Waals surface area contributed by atoms with Gasteiger partial charge >= 0.3 is 0 Å². The molecule has 0 radical (unpaired) electrons. The first-order chi connectivity index (χ1) is 7.27. The third-order valence-corrected chi connectivity index (χ3v) is 3.79. The van der Waals surface area contributed by atoms with Gasteiger partial charge in [0.15, 0.2) is 0 Å². The molecule has 0 amide bonds. The highest BCUT2D eigenvalue weighted by Crippen LogP contribution is 1.99. The van der Waals surface area contributed by atoms with Gasteiger partial charge in [0.25, 0.3) is 0 Å². The fourth-order valence-corrected chi connectivity index (χ4v) is 2.52. The number of hydrogen-bond donors (Lipinski definition) is 1. The van der Waals surface area contributed by atoms with E-state index in [2.05, 4.69) is 18.8 Å². The zero-order valence-electron chi connectivity index (χ0n) is 9.78. The monoisotopic (exact) mass is 262 g/mol. The molecule has 5 heteroatoms. The summed E-state index contributed by atoms with van der Waals surface area (Å²) in [5, 5.41) is 0.698. The molecule has 0 saturated heterocycles. The first-order valence-electron chi connectivity index (χ1n) is 5.40. The second-order valence-corrected chi connectivity index (χ2v) is 4.94. The number of nitrogens with zero attached hydrogens (tertiary/aromatic N) is 1. The summed E-state index contributed by atoms with van der Waals surface area (Å²) in [6.07, 6.45) is 1.69. The van der Waals surface area contributed by atoms with Crippen LogP contribution < -0.4 is 17.3 Å². The molecular weight excluding hydrogens is 244 g/mol. The molecule has 0 spiro atoms. The smallest absolute Gasteiger partial charge is 0.127 e. The summed E-state index contributed by atoms with van der Waals surface area (Å²) >= 11 is 0. The summed E-state index contributed by atoms with van der Waals surface area (Å²) in [5.74, 6) is 0.702. The van der Waals surface area contributed by atoms with E-state index in [9.17, 15) is 4.21 Å². The van der Waals surface area contributed by atoms with E-state index < -0.39 is 10.8 Å². The van der Waals surface area contributed by atoms with Crippen molar-refractivity contribution in [3.05, 3.63) is 24.4 Å². The molecule has 1 atom stereocenters. The molecule has 1 aromatic heterocycles. The maximum absolute atomic E-state index is 11.8. The molecule has 3 nitrogen and oxygen atoms in total. The third-order valence-electron chi connectivity index (χ3n) is 2.51. The lowest BCUT2D eigenvalue weighted by Gasteiger charge is -2.14. The number of quaternary nitrogens is 1. The van der Waals surface area contributed by atoms with Crippen LogP contribution in [0.2, 0.25) is 0 Å². The van der Waals surface area contributed by atoms with Crippen molar-refractivity contribution < 1.29 is 21.5 Å². The molecule has 1 heterocycles. The fourth-order valence-electron chi connectivity index (χ4n) is 1.43. The molecule has 1 unspecified atom stereocenters. The molecular formula is C11H19ClN2OS. The van der Waals surface area contributed by atoms with E-state index in [1.54, 1.807) is 6.20 Å². The van der Waals surface area contributed by atoms with Gasteiger partial charge in [-0.25, -0.2) is 4.98 Å². The highest BCUT2D eigenvalue weighted by molar-refractivity contribution is 7.84. The lowest BCUT2D eigenvalue weighted by atomic mass is 10.5. The molecule has 1 aromatic rings. The van der Waals surface area contributed by atoms with Crippen molar-refractivity contribution in [2.45, 2.75) is 18.9 Å². The maximum Gasteiger partial charge on any atom is 0.127 e. The molecule has 0 aliphatic carbocycles. The Hall–Kier alpha value is -0.450. The Labute approximate surface area is 106 Å². The second-order valence-electron chi connectivity index (χ2n) is 3.42. The second kappa shape index (κ2) is 8.67. The van der Waals surface area contributed by atoms with Gasteiger partial charge in [-0.2, -0.15) is 0 Å². The Morgan fingerprint density at radius 2 is 2.00 bits per heavy atom. The first-order valence-corrected chi connectivity index (χ1v) is 6.72. The van der Waals surface area contributed by atoms with Gasteiger partial charge in [-0.05, 0) is 26.0 Å². The Bertz CT molecular complexity index is 304.